The second kappa shape index (κ2) is 3.17. The first-order valence-electron chi connectivity index (χ1n) is 5.27. The summed E-state index contributed by atoms with van der Waals surface area (Å²) in [6.07, 6.45) is 5.10. The van der Waals surface area contributed by atoms with E-state index in [0.29, 0.717) is 6.04 Å². The van der Waals surface area contributed by atoms with Crippen LogP contribution in [0.2, 0.25) is 0 Å². The molecule has 1 aromatic heterocycles. The van der Waals surface area contributed by atoms with Crippen LogP contribution in [-0.4, -0.2) is 9.78 Å². The van der Waals surface area contributed by atoms with Gasteiger partial charge in [-0.05, 0) is 52.0 Å². The molecule has 0 N–H and O–H groups in total. The predicted octanol–water partition coefficient (Wildman–Crippen LogP) is 2.65. The van der Waals surface area contributed by atoms with E-state index < -0.39 is 0 Å². The molecule has 1 aliphatic rings. The smallest absolute Gasteiger partial charge is 0.0659 e. The Labute approximate surface area is 80.0 Å². The van der Waals surface area contributed by atoms with Crippen LogP contribution in [-0.2, 0) is 12.8 Å². The highest BCUT2D eigenvalue weighted by atomic mass is 15.3. The molecule has 0 unspecified atom stereocenters. The van der Waals surface area contributed by atoms with Crippen molar-refractivity contribution in [1.82, 2.24) is 9.78 Å². The quantitative estimate of drug-likeness (QED) is 0.646. The molecule has 72 valence electrons. The van der Waals surface area contributed by atoms with Crippen LogP contribution < -0.4 is 0 Å². The van der Waals surface area contributed by atoms with Crippen LogP contribution in [0.5, 0.6) is 0 Å². The summed E-state index contributed by atoms with van der Waals surface area (Å²) >= 11 is 0. The Hall–Kier alpha value is -0.790. The molecule has 0 radical (unpaired) electrons. The molecule has 0 amide bonds. The van der Waals surface area contributed by atoms with Crippen LogP contribution in [0, 0.1) is 6.92 Å². The first-order chi connectivity index (χ1) is 6.20. The number of aryl methyl sites for hydroxylation is 1. The molecule has 0 atom stereocenters. The van der Waals surface area contributed by atoms with E-state index in [-0.39, 0.29) is 0 Å². The van der Waals surface area contributed by atoms with E-state index in [0.717, 1.165) is 0 Å². The van der Waals surface area contributed by atoms with Crippen molar-refractivity contribution in [2.75, 3.05) is 0 Å². The molecule has 0 spiro atoms. The van der Waals surface area contributed by atoms with E-state index >= 15 is 0 Å². The molecule has 13 heavy (non-hydrogen) atoms. The van der Waals surface area contributed by atoms with Gasteiger partial charge in [-0.2, -0.15) is 5.10 Å². The van der Waals surface area contributed by atoms with E-state index in [2.05, 4.69) is 30.6 Å². The van der Waals surface area contributed by atoms with Gasteiger partial charge in [0.05, 0.1) is 5.69 Å². The fourth-order valence-electron chi connectivity index (χ4n) is 2.24. The van der Waals surface area contributed by atoms with Gasteiger partial charge < -0.3 is 0 Å². The molecule has 2 heteroatoms. The first-order valence-corrected chi connectivity index (χ1v) is 5.27. The minimum absolute atomic E-state index is 0.505. The standard InChI is InChI=1S/C11H18N2/c1-8(2)13-9(3)10-6-4-5-7-11(10)12-13/h8H,4-7H2,1-3H3. The van der Waals surface area contributed by atoms with E-state index in [4.69, 9.17) is 0 Å². The van der Waals surface area contributed by atoms with Crippen molar-refractivity contribution < 1.29 is 0 Å². The molecule has 0 aromatic carbocycles. The molecule has 2 nitrogen and oxygen atoms in total. The van der Waals surface area contributed by atoms with Crippen LogP contribution in [0.25, 0.3) is 0 Å². The van der Waals surface area contributed by atoms with Crippen LogP contribution in [0.1, 0.15) is 49.7 Å². The fourth-order valence-corrected chi connectivity index (χ4v) is 2.24. The Morgan fingerprint density at radius 3 is 2.54 bits per heavy atom. The summed E-state index contributed by atoms with van der Waals surface area (Å²) in [4.78, 5) is 0. The van der Waals surface area contributed by atoms with Crippen molar-refractivity contribution in [3.63, 3.8) is 0 Å². The zero-order valence-electron chi connectivity index (χ0n) is 8.80. The fraction of sp³-hybridized carbons (Fsp3) is 0.727. The lowest BCUT2D eigenvalue weighted by atomic mass is 9.96. The molecular formula is C11H18N2. The Balaban J connectivity index is 2.44. The molecule has 1 aliphatic carbocycles. The maximum atomic E-state index is 4.67. The highest BCUT2D eigenvalue weighted by Crippen LogP contribution is 2.25. The minimum atomic E-state index is 0.505. The van der Waals surface area contributed by atoms with Crippen molar-refractivity contribution in [2.45, 2.75) is 52.5 Å². The number of hydrogen-bond donors (Lipinski definition) is 0. The molecule has 0 saturated heterocycles. The predicted molar refractivity (Wildman–Crippen MR) is 54.0 cm³/mol. The first kappa shape index (κ1) is 8.79. The van der Waals surface area contributed by atoms with Gasteiger partial charge in [-0.1, -0.05) is 0 Å². The van der Waals surface area contributed by atoms with Gasteiger partial charge in [-0.25, -0.2) is 0 Å². The van der Waals surface area contributed by atoms with Crippen LogP contribution in [0.4, 0.5) is 0 Å². The van der Waals surface area contributed by atoms with E-state index in [1.807, 2.05) is 0 Å². The molecule has 2 rings (SSSR count). The van der Waals surface area contributed by atoms with Gasteiger partial charge in [0.2, 0.25) is 0 Å². The third-order valence-corrected chi connectivity index (χ3v) is 2.94. The van der Waals surface area contributed by atoms with E-state index in [1.54, 1.807) is 0 Å². The lowest BCUT2D eigenvalue weighted by Crippen LogP contribution is -2.05. The molecule has 0 bridgehead atoms. The molecule has 0 aliphatic heterocycles. The number of hydrogen-bond acceptors (Lipinski definition) is 1. The number of aromatic nitrogens is 2. The highest BCUT2D eigenvalue weighted by Gasteiger charge is 2.18. The van der Waals surface area contributed by atoms with Crippen molar-refractivity contribution in [1.29, 1.82) is 0 Å². The maximum absolute atomic E-state index is 4.67. The topological polar surface area (TPSA) is 17.8 Å². The van der Waals surface area contributed by atoms with Crippen molar-refractivity contribution in [3.05, 3.63) is 17.0 Å². The van der Waals surface area contributed by atoms with Crippen molar-refractivity contribution >= 4 is 0 Å². The summed E-state index contributed by atoms with van der Waals surface area (Å²) in [5, 5.41) is 4.67. The Bertz CT molecular complexity index is 310. The number of nitrogens with zero attached hydrogens (tertiary/aromatic N) is 2. The van der Waals surface area contributed by atoms with E-state index in [9.17, 15) is 0 Å². The Morgan fingerprint density at radius 2 is 1.92 bits per heavy atom. The minimum Gasteiger partial charge on any atom is -0.267 e. The summed E-state index contributed by atoms with van der Waals surface area (Å²) in [5.74, 6) is 0. The summed E-state index contributed by atoms with van der Waals surface area (Å²) in [6.45, 7) is 6.61. The number of fused-ring (bicyclic) bond motifs is 1. The third-order valence-electron chi connectivity index (χ3n) is 2.94. The van der Waals surface area contributed by atoms with Crippen molar-refractivity contribution in [2.24, 2.45) is 0 Å². The lowest BCUT2D eigenvalue weighted by Gasteiger charge is -2.09. The summed E-state index contributed by atoms with van der Waals surface area (Å²) < 4.78 is 2.18. The summed E-state index contributed by atoms with van der Waals surface area (Å²) in [6, 6.07) is 0.505. The van der Waals surface area contributed by atoms with Gasteiger partial charge in [0.25, 0.3) is 0 Å². The van der Waals surface area contributed by atoms with Crippen LogP contribution >= 0.6 is 0 Å². The largest absolute Gasteiger partial charge is 0.267 e. The SMILES string of the molecule is Cc1c2c(nn1C(C)C)CCCC2. The molecule has 0 saturated carbocycles. The van der Waals surface area contributed by atoms with Gasteiger partial charge in [0, 0.05) is 11.7 Å². The molecule has 1 heterocycles. The second-order valence-corrected chi connectivity index (χ2v) is 4.26. The second-order valence-electron chi connectivity index (χ2n) is 4.26. The zero-order valence-corrected chi connectivity index (χ0v) is 8.80. The van der Waals surface area contributed by atoms with Gasteiger partial charge >= 0.3 is 0 Å². The van der Waals surface area contributed by atoms with Gasteiger partial charge in [0.1, 0.15) is 0 Å². The van der Waals surface area contributed by atoms with Gasteiger partial charge in [0.15, 0.2) is 0 Å². The molecule has 0 fully saturated rings. The maximum Gasteiger partial charge on any atom is 0.0659 e. The molecule has 1 aromatic rings. The highest BCUT2D eigenvalue weighted by molar-refractivity contribution is 5.27. The average molecular weight is 178 g/mol. The van der Waals surface area contributed by atoms with Gasteiger partial charge in [-0.15, -0.1) is 0 Å². The Morgan fingerprint density at radius 1 is 1.23 bits per heavy atom. The average Bonchev–Trinajstić information content (AvgIpc) is 2.45. The monoisotopic (exact) mass is 178 g/mol. The van der Waals surface area contributed by atoms with E-state index in [1.165, 1.54) is 42.6 Å². The Kier molecular flexibility index (Phi) is 2.14. The van der Waals surface area contributed by atoms with Gasteiger partial charge in [-0.3, -0.25) is 4.68 Å². The van der Waals surface area contributed by atoms with Crippen molar-refractivity contribution in [3.8, 4) is 0 Å². The van der Waals surface area contributed by atoms with Crippen LogP contribution in [0.3, 0.4) is 0 Å². The summed E-state index contributed by atoms with van der Waals surface area (Å²) in [7, 11) is 0. The normalized spacial score (nSPS) is 16.3. The number of rotatable bonds is 1. The summed E-state index contributed by atoms with van der Waals surface area (Å²) in [5.41, 5.74) is 4.28. The van der Waals surface area contributed by atoms with Crippen LogP contribution in [0.15, 0.2) is 0 Å². The zero-order chi connectivity index (χ0) is 9.42. The lowest BCUT2D eigenvalue weighted by molar-refractivity contribution is 0.513. The molecular weight excluding hydrogens is 160 g/mol. The third kappa shape index (κ3) is 1.38.